The number of aliphatic hydroxyl groups is 1. The number of nitrogens with zero attached hydrogens (tertiary/aromatic N) is 4. The average molecular weight is 456 g/mol. The normalized spacial score (nSPS) is 17.1. The molecule has 0 aliphatic carbocycles. The number of carbonyl (C=O) groups is 2. The standard InChI is InChI=1S/C22H24N4O7/c1-13(7-8-14-6-5-9-24(2)21(14)29)25(3)22(30)16(12-23)19(27)15-10-17(26(31)32)20(28)18(11-15)33-4/h10-11,13-14,27-28H,5-6,9H2,1-4H3/b19-16-. The number of benzene rings is 1. The molecule has 2 atom stereocenters. The predicted octanol–water partition coefficient (Wildman–Crippen LogP) is 1.82. The highest BCUT2D eigenvalue weighted by Gasteiger charge is 2.28. The lowest BCUT2D eigenvalue weighted by molar-refractivity contribution is -0.386. The molecule has 2 amide bonds. The van der Waals surface area contributed by atoms with E-state index in [9.17, 15) is 35.2 Å². The number of carbonyl (C=O) groups excluding carboxylic acids is 2. The highest BCUT2D eigenvalue weighted by molar-refractivity contribution is 6.03. The van der Waals surface area contributed by atoms with Gasteiger partial charge in [-0.3, -0.25) is 19.7 Å². The van der Waals surface area contributed by atoms with E-state index >= 15 is 0 Å². The molecule has 1 heterocycles. The van der Waals surface area contributed by atoms with E-state index in [1.54, 1.807) is 24.9 Å². The summed E-state index contributed by atoms with van der Waals surface area (Å²) in [6, 6.07) is 2.81. The van der Waals surface area contributed by atoms with E-state index in [4.69, 9.17) is 4.74 Å². The third-order valence-corrected chi connectivity index (χ3v) is 5.34. The molecule has 1 aliphatic heterocycles. The van der Waals surface area contributed by atoms with Crippen molar-refractivity contribution in [3.63, 3.8) is 0 Å². The Hall–Kier alpha value is -4.25. The topological polar surface area (TPSA) is 157 Å². The molecule has 0 radical (unpaired) electrons. The number of amides is 2. The Kier molecular flexibility index (Phi) is 7.86. The first kappa shape index (κ1) is 25.0. The monoisotopic (exact) mass is 456 g/mol. The molecule has 0 aromatic heterocycles. The number of hydrogen-bond donors (Lipinski definition) is 2. The molecule has 1 aromatic rings. The van der Waals surface area contributed by atoms with Crippen LogP contribution in [0.4, 0.5) is 5.69 Å². The van der Waals surface area contributed by atoms with Gasteiger partial charge in [-0.05, 0) is 25.8 Å². The summed E-state index contributed by atoms with van der Waals surface area (Å²) in [5, 5.41) is 41.1. The maximum absolute atomic E-state index is 12.9. The lowest BCUT2D eigenvalue weighted by Gasteiger charge is -2.26. The molecule has 11 nitrogen and oxygen atoms in total. The summed E-state index contributed by atoms with van der Waals surface area (Å²) in [6.07, 6.45) is 1.44. The van der Waals surface area contributed by atoms with Crippen LogP contribution in [-0.2, 0) is 9.59 Å². The van der Waals surface area contributed by atoms with Crippen LogP contribution in [0.3, 0.4) is 0 Å². The first-order valence-electron chi connectivity index (χ1n) is 9.95. The molecule has 2 unspecified atom stereocenters. The lowest BCUT2D eigenvalue weighted by Crippen LogP contribution is -2.38. The van der Waals surface area contributed by atoms with E-state index in [-0.39, 0.29) is 17.2 Å². The van der Waals surface area contributed by atoms with E-state index in [0.717, 1.165) is 30.6 Å². The number of hydrogen-bond acceptors (Lipinski definition) is 8. The van der Waals surface area contributed by atoms with Crippen LogP contribution in [0.15, 0.2) is 17.7 Å². The minimum absolute atomic E-state index is 0.0898. The van der Waals surface area contributed by atoms with Gasteiger partial charge >= 0.3 is 5.69 Å². The second-order valence-corrected chi connectivity index (χ2v) is 7.47. The fraction of sp³-hybridized carbons (Fsp3) is 0.409. The summed E-state index contributed by atoms with van der Waals surface area (Å²) in [5.74, 6) is 2.39. The van der Waals surface area contributed by atoms with Gasteiger partial charge in [-0.15, -0.1) is 0 Å². The molecule has 2 rings (SSSR count). The van der Waals surface area contributed by atoms with Gasteiger partial charge < -0.3 is 24.7 Å². The van der Waals surface area contributed by atoms with Crippen molar-refractivity contribution in [3.8, 4) is 29.4 Å². The smallest absolute Gasteiger partial charge is 0.315 e. The third-order valence-electron chi connectivity index (χ3n) is 5.34. The first-order chi connectivity index (χ1) is 15.5. The van der Waals surface area contributed by atoms with Crippen molar-refractivity contribution < 1.29 is 29.5 Å². The van der Waals surface area contributed by atoms with Crippen LogP contribution < -0.4 is 4.74 Å². The maximum Gasteiger partial charge on any atom is 0.315 e. The molecule has 0 saturated carbocycles. The fourth-order valence-corrected chi connectivity index (χ4v) is 3.21. The third kappa shape index (κ3) is 5.33. The molecule has 1 saturated heterocycles. The Bertz CT molecular complexity index is 1110. The molecular formula is C22H24N4O7. The molecule has 11 heteroatoms. The van der Waals surface area contributed by atoms with Gasteiger partial charge in [0.05, 0.1) is 24.0 Å². The van der Waals surface area contributed by atoms with Crippen LogP contribution in [0.25, 0.3) is 5.76 Å². The van der Waals surface area contributed by atoms with Crippen LogP contribution >= 0.6 is 0 Å². The van der Waals surface area contributed by atoms with Crippen molar-refractivity contribution in [1.82, 2.24) is 9.80 Å². The molecule has 1 aliphatic rings. The molecule has 0 bridgehead atoms. The number of likely N-dealkylation sites (N-methyl/N-ethyl adjacent to an activating group) is 1. The Morgan fingerprint density at radius 2 is 2.12 bits per heavy atom. The number of nitriles is 1. The van der Waals surface area contributed by atoms with Crippen molar-refractivity contribution >= 4 is 23.3 Å². The predicted molar refractivity (Wildman–Crippen MR) is 117 cm³/mol. The second-order valence-electron chi connectivity index (χ2n) is 7.47. The molecule has 1 fully saturated rings. The largest absolute Gasteiger partial charge is 0.506 e. The van der Waals surface area contributed by atoms with Crippen molar-refractivity contribution in [2.45, 2.75) is 25.8 Å². The molecule has 33 heavy (non-hydrogen) atoms. The van der Waals surface area contributed by atoms with Crippen molar-refractivity contribution in [2.75, 3.05) is 27.7 Å². The molecule has 0 spiro atoms. The fourth-order valence-electron chi connectivity index (χ4n) is 3.21. The molecule has 2 N–H and O–H groups in total. The number of ether oxygens (including phenoxy) is 1. The van der Waals surface area contributed by atoms with E-state index < -0.39 is 45.6 Å². The van der Waals surface area contributed by atoms with Gasteiger partial charge in [0.2, 0.25) is 11.7 Å². The summed E-state index contributed by atoms with van der Waals surface area (Å²) >= 11 is 0. The van der Waals surface area contributed by atoms with Gasteiger partial charge in [-0.1, -0.05) is 11.8 Å². The van der Waals surface area contributed by atoms with Gasteiger partial charge in [0.1, 0.15) is 11.8 Å². The highest BCUT2D eigenvalue weighted by Crippen LogP contribution is 2.38. The van der Waals surface area contributed by atoms with Gasteiger partial charge in [0, 0.05) is 32.3 Å². The summed E-state index contributed by atoms with van der Waals surface area (Å²) in [5.41, 5.74) is -1.71. The number of likely N-dealkylation sites (tertiary alicyclic amines) is 1. The van der Waals surface area contributed by atoms with Crippen molar-refractivity contribution in [1.29, 1.82) is 5.26 Å². The number of piperidine rings is 1. The quantitative estimate of drug-likeness (QED) is 0.170. The Balaban J connectivity index is 2.36. The van der Waals surface area contributed by atoms with E-state index in [0.29, 0.717) is 13.0 Å². The lowest BCUT2D eigenvalue weighted by atomic mass is 9.97. The summed E-state index contributed by atoms with van der Waals surface area (Å²) in [6.45, 7) is 2.27. The summed E-state index contributed by atoms with van der Waals surface area (Å²) in [4.78, 5) is 38.1. The van der Waals surface area contributed by atoms with Crippen LogP contribution in [0, 0.1) is 39.2 Å². The number of phenols is 1. The highest BCUT2D eigenvalue weighted by atomic mass is 16.6. The second kappa shape index (κ2) is 10.4. The van der Waals surface area contributed by atoms with Gasteiger partial charge in [0.15, 0.2) is 11.3 Å². The SMILES string of the molecule is COc1cc(/C(O)=C(\C#N)C(=O)N(C)C(C)C#CC2CCCN(C)C2=O)cc([N+](=O)[O-])c1O. The van der Waals surface area contributed by atoms with Crippen LogP contribution in [-0.4, -0.2) is 70.5 Å². The van der Waals surface area contributed by atoms with E-state index in [2.05, 4.69) is 11.8 Å². The number of rotatable bonds is 5. The zero-order valence-corrected chi connectivity index (χ0v) is 18.7. The van der Waals surface area contributed by atoms with Gasteiger partial charge in [0.25, 0.3) is 5.91 Å². The van der Waals surface area contributed by atoms with Crippen LogP contribution in [0.2, 0.25) is 0 Å². The number of nitro benzene ring substituents is 1. The van der Waals surface area contributed by atoms with Crippen LogP contribution in [0.5, 0.6) is 11.5 Å². The number of nitro groups is 1. The maximum atomic E-state index is 12.9. The Morgan fingerprint density at radius 3 is 2.70 bits per heavy atom. The van der Waals surface area contributed by atoms with Crippen molar-refractivity contribution in [2.24, 2.45) is 5.92 Å². The van der Waals surface area contributed by atoms with E-state index in [1.807, 2.05) is 0 Å². The van der Waals surface area contributed by atoms with E-state index in [1.165, 1.54) is 7.05 Å². The summed E-state index contributed by atoms with van der Waals surface area (Å²) < 4.78 is 4.88. The Morgan fingerprint density at radius 1 is 1.45 bits per heavy atom. The first-order valence-corrected chi connectivity index (χ1v) is 9.95. The van der Waals surface area contributed by atoms with Crippen molar-refractivity contribution in [3.05, 3.63) is 33.4 Å². The van der Waals surface area contributed by atoms with Crippen LogP contribution in [0.1, 0.15) is 25.3 Å². The zero-order chi connectivity index (χ0) is 24.9. The number of aromatic hydroxyl groups is 1. The van der Waals surface area contributed by atoms with Gasteiger partial charge in [-0.2, -0.15) is 5.26 Å². The zero-order valence-electron chi connectivity index (χ0n) is 18.7. The van der Waals surface area contributed by atoms with Gasteiger partial charge in [-0.25, -0.2) is 0 Å². The summed E-state index contributed by atoms with van der Waals surface area (Å²) in [7, 11) is 4.23. The number of aliphatic hydroxyl groups excluding tert-OH is 1. The number of methoxy groups -OCH3 is 1. The molecular weight excluding hydrogens is 432 g/mol. The molecule has 174 valence electrons. The minimum atomic E-state index is -0.893. The molecule has 1 aromatic carbocycles. The Labute approximate surface area is 190 Å². The average Bonchev–Trinajstić information content (AvgIpc) is 2.79. The minimum Gasteiger partial charge on any atom is -0.506 e. The number of phenolic OH excluding ortho intramolecular Hbond substituents is 1.